The van der Waals surface area contributed by atoms with Crippen LogP contribution in [0.1, 0.15) is 5.69 Å². The number of nitrogens with zero attached hydrogens (tertiary/aromatic N) is 5. The average molecular weight is 364 g/mol. The minimum atomic E-state index is -0.277. The fourth-order valence-electron chi connectivity index (χ4n) is 2.89. The van der Waals surface area contributed by atoms with E-state index in [1.807, 2.05) is 25.4 Å². The van der Waals surface area contributed by atoms with E-state index in [4.69, 9.17) is 4.74 Å². The van der Waals surface area contributed by atoms with E-state index in [0.29, 0.717) is 23.6 Å². The van der Waals surface area contributed by atoms with Gasteiger partial charge in [0.05, 0.1) is 13.7 Å². The van der Waals surface area contributed by atoms with Crippen molar-refractivity contribution in [3.8, 4) is 16.9 Å². The first-order chi connectivity index (χ1) is 13.1. The van der Waals surface area contributed by atoms with E-state index >= 15 is 0 Å². The van der Waals surface area contributed by atoms with Gasteiger partial charge in [-0.05, 0) is 35.4 Å². The lowest BCUT2D eigenvalue weighted by molar-refractivity contribution is 0.419. The van der Waals surface area contributed by atoms with Gasteiger partial charge in [-0.25, -0.2) is 14.4 Å². The van der Waals surface area contributed by atoms with Crippen LogP contribution in [0.25, 0.3) is 22.0 Å². The van der Waals surface area contributed by atoms with Crippen molar-refractivity contribution in [3.63, 3.8) is 0 Å². The molecule has 0 aliphatic rings. The van der Waals surface area contributed by atoms with E-state index in [-0.39, 0.29) is 5.82 Å². The predicted molar refractivity (Wildman–Crippen MR) is 99.8 cm³/mol. The molecule has 0 unspecified atom stereocenters. The maximum Gasteiger partial charge on any atom is 0.145 e. The fraction of sp³-hybridized carbons (Fsp3) is 0.158. The molecular weight excluding hydrogens is 347 g/mol. The van der Waals surface area contributed by atoms with Gasteiger partial charge in [-0.1, -0.05) is 17.3 Å². The molecule has 4 aromatic rings. The molecule has 136 valence electrons. The molecule has 0 radical (unpaired) electrons. The number of fused-ring (bicyclic) bond motifs is 1. The molecule has 8 heteroatoms. The molecule has 7 nitrogen and oxygen atoms in total. The topological polar surface area (TPSA) is 77.8 Å². The number of halogens is 1. The van der Waals surface area contributed by atoms with E-state index in [0.717, 1.165) is 22.2 Å². The van der Waals surface area contributed by atoms with Crippen LogP contribution < -0.4 is 10.1 Å². The Hall–Kier alpha value is -3.55. The number of rotatable bonds is 5. The molecular formula is C19H17FN6O. The van der Waals surface area contributed by atoms with Gasteiger partial charge in [0.1, 0.15) is 34.9 Å². The van der Waals surface area contributed by atoms with E-state index in [9.17, 15) is 4.39 Å². The van der Waals surface area contributed by atoms with Crippen LogP contribution in [0.3, 0.4) is 0 Å². The molecule has 2 aromatic heterocycles. The van der Waals surface area contributed by atoms with Crippen LogP contribution in [0.4, 0.5) is 10.2 Å². The molecule has 0 bridgehead atoms. The van der Waals surface area contributed by atoms with Crippen molar-refractivity contribution in [2.45, 2.75) is 6.54 Å². The monoisotopic (exact) mass is 364 g/mol. The number of ether oxygens (including phenoxy) is 1. The van der Waals surface area contributed by atoms with Crippen LogP contribution in [-0.2, 0) is 13.6 Å². The van der Waals surface area contributed by atoms with Crippen LogP contribution in [0.5, 0.6) is 5.75 Å². The van der Waals surface area contributed by atoms with E-state index < -0.39 is 0 Å². The molecule has 0 spiro atoms. The van der Waals surface area contributed by atoms with Gasteiger partial charge in [-0.3, -0.25) is 4.68 Å². The van der Waals surface area contributed by atoms with Gasteiger partial charge >= 0.3 is 0 Å². The molecule has 0 amide bonds. The lowest BCUT2D eigenvalue weighted by Gasteiger charge is -2.12. The van der Waals surface area contributed by atoms with Gasteiger partial charge in [-0.2, -0.15) is 0 Å². The number of nitrogens with one attached hydrogen (secondary N) is 1. The largest absolute Gasteiger partial charge is 0.494 e. The van der Waals surface area contributed by atoms with Crippen LogP contribution in [0.15, 0.2) is 48.9 Å². The molecule has 0 fully saturated rings. The highest BCUT2D eigenvalue weighted by Gasteiger charge is 2.12. The van der Waals surface area contributed by atoms with Crippen LogP contribution >= 0.6 is 0 Å². The Labute approximate surface area is 154 Å². The predicted octanol–water partition coefficient (Wildman–Crippen LogP) is 3.19. The van der Waals surface area contributed by atoms with Crippen molar-refractivity contribution in [1.29, 1.82) is 0 Å². The fourth-order valence-corrected chi connectivity index (χ4v) is 2.89. The van der Waals surface area contributed by atoms with Gasteiger partial charge in [0, 0.05) is 18.6 Å². The first kappa shape index (κ1) is 16.9. The summed E-state index contributed by atoms with van der Waals surface area (Å²) in [6, 6.07) is 10.2. The number of aromatic nitrogens is 5. The number of methoxy groups -OCH3 is 1. The summed E-state index contributed by atoms with van der Waals surface area (Å²) in [5.74, 6) is 1.01. The molecule has 4 rings (SSSR count). The summed E-state index contributed by atoms with van der Waals surface area (Å²) in [5.41, 5.74) is 3.25. The normalized spacial score (nSPS) is 10.9. The minimum Gasteiger partial charge on any atom is -0.494 e. The smallest absolute Gasteiger partial charge is 0.145 e. The Morgan fingerprint density at radius 3 is 2.63 bits per heavy atom. The Balaban J connectivity index is 1.77. The minimum absolute atomic E-state index is 0.277. The highest BCUT2D eigenvalue weighted by atomic mass is 19.1. The number of benzene rings is 2. The summed E-state index contributed by atoms with van der Waals surface area (Å²) < 4.78 is 20.4. The zero-order valence-corrected chi connectivity index (χ0v) is 14.8. The highest BCUT2D eigenvalue weighted by molar-refractivity contribution is 5.96. The van der Waals surface area contributed by atoms with E-state index in [1.54, 1.807) is 23.9 Å². The molecule has 1 N–H and O–H groups in total. The second kappa shape index (κ2) is 6.99. The Morgan fingerprint density at radius 1 is 1.11 bits per heavy atom. The van der Waals surface area contributed by atoms with Crippen LogP contribution in [-0.4, -0.2) is 32.1 Å². The molecule has 2 aromatic carbocycles. The summed E-state index contributed by atoms with van der Waals surface area (Å²) in [5, 5.41) is 12.1. The summed E-state index contributed by atoms with van der Waals surface area (Å²) in [7, 11) is 3.41. The zero-order chi connectivity index (χ0) is 18.8. The number of hydrogen-bond donors (Lipinski definition) is 1. The third-order valence-electron chi connectivity index (χ3n) is 4.19. The first-order valence-corrected chi connectivity index (χ1v) is 8.32. The second-order valence-electron chi connectivity index (χ2n) is 6.04. The maximum atomic E-state index is 13.3. The van der Waals surface area contributed by atoms with Crippen molar-refractivity contribution in [2.75, 3.05) is 12.4 Å². The highest BCUT2D eigenvalue weighted by Crippen LogP contribution is 2.34. The molecule has 0 aliphatic carbocycles. The number of aryl methyl sites for hydroxylation is 1. The molecule has 0 saturated carbocycles. The van der Waals surface area contributed by atoms with Crippen LogP contribution in [0.2, 0.25) is 0 Å². The van der Waals surface area contributed by atoms with Crippen molar-refractivity contribution < 1.29 is 9.13 Å². The van der Waals surface area contributed by atoms with Gasteiger partial charge in [-0.15, -0.1) is 5.10 Å². The van der Waals surface area contributed by atoms with Crippen molar-refractivity contribution in [3.05, 3.63) is 60.4 Å². The summed E-state index contributed by atoms with van der Waals surface area (Å²) in [4.78, 5) is 8.71. The number of hydrogen-bond acceptors (Lipinski definition) is 6. The quantitative estimate of drug-likeness (QED) is 0.586. The second-order valence-corrected chi connectivity index (χ2v) is 6.04. The Kier molecular flexibility index (Phi) is 4.37. The van der Waals surface area contributed by atoms with E-state index in [1.165, 1.54) is 18.5 Å². The van der Waals surface area contributed by atoms with Crippen molar-refractivity contribution in [1.82, 2.24) is 25.0 Å². The standard InChI is InChI=1S/C19H17FN6O/c1-26-10-15(24-25-26)9-21-19-16-7-13(12-3-5-14(20)6-4-12)8-17(27-2)18(16)22-11-23-19/h3-8,10-11H,9H2,1-2H3,(H,21,22,23). The average Bonchev–Trinajstić information content (AvgIpc) is 3.11. The van der Waals surface area contributed by atoms with Crippen LogP contribution in [0, 0.1) is 5.82 Å². The third kappa shape index (κ3) is 3.41. The first-order valence-electron chi connectivity index (χ1n) is 8.32. The molecule has 0 atom stereocenters. The van der Waals surface area contributed by atoms with Gasteiger partial charge in [0.25, 0.3) is 0 Å². The molecule has 27 heavy (non-hydrogen) atoms. The lowest BCUT2D eigenvalue weighted by atomic mass is 10.0. The van der Waals surface area contributed by atoms with Crippen molar-refractivity contribution in [2.24, 2.45) is 7.05 Å². The molecule has 0 saturated heterocycles. The van der Waals surface area contributed by atoms with Gasteiger partial charge in [0.2, 0.25) is 0 Å². The zero-order valence-electron chi connectivity index (χ0n) is 14.8. The Morgan fingerprint density at radius 2 is 1.93 bits per heavy atom. The van der Waals surface area contributed by atoms with E-state index in [2.05, 4.69) is 25.6 Å². The summed E-state index contributed by atoms with van der Waals surface area (Å²) >= 11 is 0. The number of anilines is 1. The third-order valence-corrected chi connectivity index (χ3v) is 4.19. The van der Waals surface area contributed by atoms with Gasteiger partial charge in [0.15, 0.2) is 0 Å². The van der Waals surface area contributed by atoms with Gasteiger partial charge < -0.3 is 10.1 Å². The Bertz CT molecular complexity index is 1090. The SMILES string of the molecule is COc1cc(-c2ccc(F)cc2)cc2c(NCc3cn(C)nn3)ncnc12. The summed E-state index contributed by atoms with van der Waals surface area (Å²) in [6.07, 6.45) is 3.32. The maximum absolute atomic E-state index is 13.3. The summed E-state index contributed by atoms with van der Waals surface area (Å²) in [6.45, 7) is 0.475. The lowest BCUT2D eigenvalue weighted by Crippen LogP contribution is -2.03. The van der Waals surface area contributed by atoms with Crippen molar-refractivity contribution >= 4 is 16.7 Å². The molecule has 2 heterocycles. The molecule has 0 aliphatic heterocycles.